The summed E-state index contributed by atoms with van der Waals surface area (Å²) in [5.74, 6) is 0.642. The Balaban J connectivity index is 1.73. The van der Waals surface area contributed by atoms with Crippen LogP contribution in [0.5, 0.6) is 11.6 Å². The molecule has 0 atom stereocenters. The fraction of sp³-hybridized carbons (Fsp3) is 0.217. The third-order valence-electron chi connectivity index (χ3n) is 4.43. The van der Waals surface area contributed by atoms with Gasteiger partial charge in [0, 0.05) is 10.2 Å². The maximum Gasteiger partial charge on any atom is 0.343 e. The number of benzene rings is 2. The number of aryl methyl sites for hydroxylation is 2. The molecule has 0 aliphatic heterocycles. The molecule has 3 aromatic rings. The summed E-state index contributed by atoms with van der Waals surface area (Å²) in [4.78, 5) is 16.2. The average molecular weight is 456 g/mol. The molecule has 0 unspecified atom stereocenters. The highest BCUT2D eigenvalue weighted by atomic mass is 79.9. The highest BCUT2D eigenvalue weighted by Crippen LogP contribution is 2.26. The molecule has 1 aromatic heterocycles. The van der Waals surface area contributed by atoms with Crippen molar-refractivity contribution in [2.24, 2.45) is 0 Å². The molecule has 5 nitrogen and oxygen atoms in total. The van der Waals surface area contributed by atoms with Gasteiger partial charge in [0.05, 0.1) is 14.2 Å². The molecule has 2 aromatic carbocycles. The number of esters is 1. The Labute approximate surface area is 178 Å². The molecule has 0 saturated carbocycles. The minimum Gasteiger partial charge on any atom is -0.489 e. The van der Waals surface area contributed by atoms with Crippen molar-refractivity contribution in [1.29, 1.82) is 0 Å². The van der Waals surface area contributed by atoms with Gasteiger partial charge in [-0.2, -0.15) is 0 Å². The van der Waals surface area contributed by atoms with Crippen molar-refractivity contribution in [2.75, 3.05) is 14.2 Å². The van der Waals surface area contributed by atoms with Gasteiger partial charge in [-0.1, -0.05) is 46.3 Å². The number of carbonyl (C=O) groups is 1. The molecule has 1 heterocycles. The molecule has 3 rings (SSSR count). The monoisotopic (exact) mass is 455 g/mol. The molecule has 0 saturated heterocycles. The summed E-state index contributed by atoms with van der Waals surface area (Å²) in [5.41, 5.74) is 3.33. The second kappa shape index (κ2) is 10.1. The van der Waals surface area contributed by atoms with Crippen molar-refractivity contribution in [2.45, 2.75) is 19.4 Å². The largest absolute Gasteiger partial charge is 0.489 e. The van der Waals surface area contributed by atoms with Crippen LogP contribution in [0.25, 0.3) is 0 Å². The smallest absolute Gasteiger partial charge is 0.343 e. The Morgan fingerprint density at radius 1 is 1.00 bits per heavy atom. The molecule has 0 spiro atoms. The van der Waals surface area contributed by atoms with Gasteiger partial charge in [0.1, 0.15) is 17.9 Å². The topological polar surface area (TPSA) is 57.7 Å². The van der Waals surface area contributed by atoms with Crippen LogP contribution in [0.4, 0.5) is 0 Å². The average Bonchev–Trinajstić information content (AvgIpc) is 2.77. The Bertz CT molecular complexity index is 976. The predicted molar refractivity (Wildman–Crippen MR) is 114 cm³/mol. The first kappa shape index (κ1) is 20.9. The fourth-order valence-electron chi connectivity index (χ4n) is 2.92. The van der Waals surface area contributed by atoms with Gasteiger partial charge >= 0.3 is 5.97 Å². The van der Waals surface area contributed by atoms with Crippen molar-refractivity contribution >= 4 is 21.9 Å². The van der Waals surface area contributed by atoms with Crippen molar-refractivity contribution in [3.63, 3.8) is 0 Å². The number of methoxy groups -OCH3 is 2. The second-order valence-electron chi connectivity index (χ2n) is 6.38. The van der Waals surface area contributed by atoms with E-state index in [9.17, 15) is 4.79 Å². The summed E-state index contributed by atoms with van der Waals surface area (Å²) < 4.78 is 17.0. The molecule has 0 amide bonds. The first-order valence-electron chi connectivity index (χ1n) is 9.18. The molecule has 0 bridgehead atoms. The highest BCUT2D eigenvalue weighted by Gasteiger charge is 2.15. The van der Waals surface area contributed by atoms with Gasteiger partial charge in [-0.15, -0.1) is 0 Å². The number of rotatable bonds is 8. The maximum absolute atomic E-state index is 11.8. The van der Waals surface area contributed by atoms with Crippen LogP contribution in [0.15, 0.2) is 65.1 Å². The summed E-state index contributed by atoms with van der Waals surface area (Å²) in [6, 6.07) is 19.6. The lowest BCUT2D eigenvalue weighted by molar-refractivity contribution is 0.0596. The van der Waals surface area contributed by atoms with E-state index in [-0.39, 0.29) is 5.88 Å². The zero-order chi connectivity index (χ0) is 20.6. The van der Waals surface area contributed by atoms with E-state index in [2.05, 4.69) is 27.0 Å². The molecule has 0 fully saturated rings. The van der Waals surface area contributed by atoms with Gasteiger partial charge in [0.2, 0.25) is 5.88 Å². The molecule has 0 radical (unpaired) electrons. The number of pyridine rings is 1. The molecule has 0 N–H and O–H groups in total. The molecule has 150 valence electrons. The molecular weight excluding hydrogens is 434 g/mol. The standard InChI is InChI=1S/C23H22BrNO4/c1-27-22-20(23(26)28-2)12-11-19(25-22)10-8-17-14-18(24)9-13-21(17)29-15-16-6-4-3-5-7-16/h3-7,9,11-14H,8,10,15H2,1-2H3. The summed E-state index contributed by atoms with van der Waals surface area (Å²) >= 11 is 3.53. The number of aromatic nitrogens is 1. The number of hydrogen-bond donors (Lipinski definition) is 0. The summed E-state index contributed by atoms with van der Waals surface area (Å²) in [5, 5.41) is 0. The highest BCUT2D eigenvalue weighted by molar-refractivity contribution is 9.10. The van der Waals surface area contributed by atoms with Crippen LogP contribution in [0.1, 0.15) is 27.2 Å². The normalized spacial score (nSPS) is 10.4. The lowest BCUT2D eigenvalue weighted by Crippen LogP contribution is -2.07. The van der Waals surface area contributed by atoms with E-state index in [1.165, 1.54) is 14.2 Å². The predicted octanol–water partition coefficient (Wildman–Crippen LogP) is 5.00. The van der Waals surface area contributed by atoms with Gasteiger partial charge < -0.3 is 14.2 Å². The molecule has 0 aliphatic carbocycles. The summed E-state index contributed by atoms with van der Waals surface area (Å²) in [6.07, 6.45) is 1.41. The van der Waals surface area contributed by atoms with Crippen molar-refractivity contribution in [1.82, 2.24) is 4.98 Å². The lowest BCUT2D eigenvalue weighted by atomic mass is 10.1. The van der Waals surface area contributed by atoms with E-state index in [4.69, 9.17) is 14.2 Å². The zero-order valence-corrected chi connectivity index (χ0v) is 17.9. The van der Waals surface area contributed by atoms with E-state index in [1.54, 1.807) is 6.07 Å². The van der Waals surface area contributed by atoms with Crippen LogP contribution in [-0.2, 0) is 24.2 Å². The minimum absolute atomic E-state index is 0.268. The quantitative estimate of drug-likeness (QED) is 0.447. The number of ether oxygens (including phenoxy) is 3. The van der Waals surface area contributed by atoms with E-state index >= 15 is 0 Å². The van der Waals surface area contributed by atoms with Crippen LogP contribution in [0, 0.1) is 0 Å². The molecule has 0 aliphatic rings. The van der Waals surface area contributed by atoms with Gasteiger partial charge in [-0.3, -0.25) is 0 Å². The Morgan fingerprint density at radius 3 is 2.52 bits per heavy atom. The molecular formula is C23H22BrNO4. The fourth-order valence-corrected chi connectivity index (χ4v) is 3.33. The summed E-state index contributed by atoms with van der Waals surface area (Å²) in [7, 11) is 2.82. The van der Waals surface area contributed by atoms with Crippen molar-refractivity contribution in [3.8, 4) is 11.6 Å². The van der Waals surface area contributed by atoms with E-state index in [0.717, 1.165) is 33.5 Å². The third kappa shape index (κ3) is 5.57. The second-order valence-corrected chi connectivity index (χ2v) is 7.29. The van der Waals surface area contributed by atoms with Gasteiger partial charge in [0.25, 0.3) is 0 Å². The van der Waals surface area contributed by atoms with Crippen LogP contribution in [-0.4, -0.2) is 25.2 Å². The van der Waals surface area contributed by atoms with E-state index in [0.29, 0.717) is 18.6 Å². The number of hydrogen-bond acceptors (Lipinski definition) is 5. The van der Waals surface area contributed by atoms with Gasteiger partial charge in [0.15, 0.2) is 0 Å². The maximum atomic E-state index is 11.8. The number of halogens is 1. The number of nitrogens with zero attached hydrogens (tertiary/aromatic N) is 1. The molecule has 29 heavy (non-hydrogen) atoms. The van der Waals surface area contributed by atoms with E-state index < -0.39 is 5.97 Å². The Morgan fingerprint density at radius 2 is 1.79 bits per heavy atom. The van der Waals surface area contributed by atoms with Crippen LogP contribution in [0.3, 0.4) is 0 Å². The zero-order valence-electron chi connectivity index (χ0n) is 16.4. The Kier molecular flexibility index (Phi) is 7.25. The van der Waals surface area contributed by atoms with Crippen molar-refractivity contribution < 1.29 is 19.0 Å². The Hall–Kier alpha value is -2.86. The van der Waals surface area contributed by atoms with Crippen LogP contribution < -0.4 is 9.47 Å². The lowest BCUT2D eigenvalue weighted by Gasteiger charge is -2.13. The first-order chi connectivity index (χ1) is 14.1. The SMILES string of the molecule is COC(=O)c1ccc(CCc2cc(Br)ccc2OCc2ccccc2)nc1OC. The number of carbonyl (C=O) groups excluding carboxylic acids is 1. The third-order valence-corrected chi connectivity index (χ3v) is 4.92. The van der Waals surface area contributed by atoms with Crippen LogP contribution >= 0.6 is 15.9 Å². The minimum atomic E-state index is -0.468. The van der Waals surface area contributed by atoms with Crippen LogP contribution in [0.2, 0.25) is 0 Å². The molecule has 6 heteroatoms. The van der Waals surface area contributed by atoms with Crippen molar-refractivity contribution in [3.05, 3.63) is 87.5 Å². The van der Waals surface area contributed by atoms with Gasteiger partial charge in [-0.05, 0) is 54.3 Å². The first-order valence-corrected chi connectivity index (χ1v) is 9.97. The summed E-state index contributed by atoms with van der Waals surface area (Å²) in [6.45, 7) is 0.509. The van der Waals surface area contributed by atoms with Gasteiger partial charge in [-0.25, -0.2) is 9.78 Å². The van der Waals surface area contributed by atoms with E-state index in [1.807, 2.05) is 48.5 Å².